The number of hydrogen-bond donors (Lipinski definition) is 1. The van der Waals surface area contributed by atoms with Crippen LogP contribution in [0.15, 0.2) is 48.5 Å². The monoisotopic (exact) mass is 407 g/mol. The number of carbonyl (C=O) groups excluding carboxylic acids is 2. The SMILES string of the molecule is Cc1ccc(C(=O)O)cc1N1C(=O)C[C@H](N2CCN(Cc3ccccc3)CC2)C1=O. The average Bonchev–Trinajstić information content (AvgIpc) is 3.03. The number of carboxylic acids is 1. The number of benzene rings is 2. The number of amides is 2. The highest BCUT2D eigenvalue weighted by Gasteiger charge is 2.43. The van der Waals surface area contributed by atoms with Crippen LogP contribution in [0.1, 0.15) is 27.9 Å². The Morgan fingerprint density at radius 3 is 2.40 bits per heavy atom. The second kappa shape index (κ2) is 8.38. The molecule has 2 aliphatic rings. The molecule has 0 spiro atoms. The van der Waals surface area contributed by atoms with Crippen molar-refractivity contribution in [3.63, 3.8) is 0 Å². The van der Waals surface area contributed by atoms with E-state index in [1.54, 1.807) is 13.0 Å². The van der Waals surface area contributed by atoms with Crippen LogP contribution in [0.3, 0.4) is 0 Å². The molecule has 1 atom stereocenters. The van der Waals surface area contributed by atoms with Gasteiger partial charge in [0.15, 0.2) is 0 Å². The van der Waals surface area contributed by atoms with E-state index < -0.39 is 12.0 Å². The normalized spacial score (nSPS) is 20.7. The van der Waals surface area contributed by atoms with Gasteiger partial charge in [-0.1, -0.05) is 36.4 Å². The molecule has 0 aliphatic carbocycles. The average molecular weight is 407 g/mol. The van der Waals surface area contributed by atoms with Crippen LogP contribution >= 0.6 is 0 Å². The smallest absolute Gasteiger partial charge is 0.335 e. The summed E-state index contributed by atoms with van der Waals surface area (Å²) in [6.45, 7) is 5.76. The van der Waals surface area contributed by atoms with Gasteiger partial charge in [0.25, 0.3) is 5.91 Å². The number of aryl methyl sites for hydroxylation is 1. The molecule has 0 aromatic heterocycles. The van der Waals surface area contributed by atoms with Crippen LogP contribution in [0.25, 0.3) is 0 Å². The lowest BCUT2D eigenvalue weighted by Gasteiger charge is -2.37. The van der Waals surface area contributed by atoms with Gasteiger partial charge in [-0.2, -0.15) is 0 Å². The van der Waals surface area contributed by atoms with Gasteiger partial charge < -0.3 is 5.11 Å². The summed E-state index contributed by atoms with van der Waals surface area (Å²) in [5.41, 5.74) is 2.40. The fourth-order valence-corrected chi connectivity index (χ4v) is 4.21. The van der Waals surface area contributed by atoms with E-state index in [0.29, 0.717) is 11.3 Å². The third-order valence-electron chi connectivity index (χ3n) is 5.92. The maximum atomic E-state index is 13.1. The van der Waals surface area contributed by atoms with Gasteiger partial charge in [0.1, 0.15) is 0 Å². The second-order valence-corrected chi connectivity index (χ2v) is 7.89. The van der Waals surface area contributed by atoms with E-state index in [1.165, 1.54) is 22.6 Å². The highest BCUT2D eigenvalue weighted by Crippen LogP contribution is 2.30. The molecule has 2 aromatic rings. The van der Waals surface area contributed by atoms with Gasteiger partial charge >= 0.3 is 5.97 Å². The lowest BCUT2D eigenvalue weighted by atomic mass is 10.1. The van der Waals surface area contributed by atoms with E-state index in [0.717, 1.165) is 32.7 Å². The van der Waals surface area contributed by atoms with E-state index in [1.807, 2.05) is 18.2 Å². The number of anilines is 1. The van der Waals surface area contributed by atoms with Gasteiger partial charge in [0.2, 0.25) is 5.91 Å². The van der Waals surface area contributed by atoms with Crippen LogP contribution in [-0.4, -0.2) is 64.9 Å². The first-order chi connectivity index (χ1) is 14.4. The van der Waals surface area contributed by atoms with Crippen molar-refractivity contribution in [1.29, 1.82) is 0 Å². The maximum Gasteiger partial charge on any atom is 0.335 e. The molecule has 30 heavy (non-hydrogen) atoms. The molecule has 2 aliphatic heterocycles. The fourth-order valence-electron chi connectivity index (χ4n) is 4.21. The molecule has 2 aromatic carbocycles. The number of carbonyl (C=O) groups is 3. The molecule has 2 fully saturated rings. The molecule has 2 saturated heterocycles. The first kappa shape index (κ1) is 20.3. The molecule has 4 rings (SSSR count). The Balaban J connectivity index is 1.44. The molecule has 0 radical (unpaired) electrons. The van der Waals surface area contributed by atoms with Crippen molar-refractivity contribution in [3.05, 3.63) is 65.2 Å². The maximum absolute atomic E-state index is 13.1. The minimum atomic E-state index is -1.08. The van der Waals surface area contributed by atoms with Gasteiger partial charge in [-0.05, 0) is 30.2 Å². The Morgan fingerprint density at radius 2 is 1.73 bits per heavy atom. The van der Waals surface area contributed by atoms with Gasteiger partial charge in [0.05, 0.1) is 23.7 Å². The third kappa shape index (κ3) is 3.99. The van der Waals surface area contributed by atoms with Crippen LogP contribution in [-0.2, 0) is 16.1 Å². The summed E-state index contributed by atoms with van der Waals surface area (Å²) in [7, 11) is 0. The van der Waals surface area contributed by atoms with Crippen LogP contribution in [0.5, 0.6) is 0 Å². The molecule has 2 heterocycles. The summed E-state index contributed by atoms with van der Waals surface area (Å²) in [5, 5.41) is 9.26. The zero-order valence-corrected chi connectivity index (χ0v) is 17.0. The summed E-state index contributed by atoms with van der Waals surface area (Å²) in [6, 6.07) is 14.3. The van der Waals surface area contributed by atoms with E-state index in [-0.39, 0.29) is 23.8 Å². The third-order valence-corrected chi connectivity index (χ3v) is 5.92. The summed E-state index contributed by atoms with van der Waals surface area (Å²) in [5.74, 6) is -1.62. The molecular weight excluding hydrogens is 382 g/mol. The topological polar surface area (TPSA) is 81.2 Å². The van der Waals surface area contributed by atoms with Crippen molar-refractivity contribution in [2.24, 2.45) is 0 Å². The quantitative estimate of drug-likeness (QED) is 0.765. The van der Waals surface area contributed by atoms with Gasteiger partial charge in [-0.25, -0.2) is 9.69 Å². The zero-order valence-electron chi connectivity index (χ0n) is 17.0. The van der Waals surface area contributed by atoms with E-state index >= 15 is 0 Å². The second-order valence-electron chi connectivity index (χ2n) is 7.89. The van der Waals surface area contributed by atoms with Crippen molar-refractivity contribution in [3.8, 4) is 0 Å². The van der Waals surface area contributed by atoms with E-state index in [9.17, 15) is 19.5 Å². The summed E-state index contributed by atoms with van der Waals surface area (Å²) in [4.78, 5) is 42.7. The molecular formula is C23H25N3O4. The largest absolute Gasteiger partial charge is 0.478 e. The van der Waals surface area contributed by atoms with Gasteiger partial charge in [-0.15, -0.1) is 0 Å². The Bertz CT molecular complexity index is 968. The first-order valence-corrected chi connectivity index (χ1v) is 10.1. The number of piperazine rings is 1. The number of imide groups is 1. The highest BCUT2D eigenvalue weighted by atomic mass is 16.4. The number of nitrogens with zero attached hydrogens (tertiary/aromatic N) is 3. The molecule has 0 unspecified atom stereocenters. The van der Waals surface area contributed by atoms with Crippen LogP contribution in [0.4, 0.5) is 5.69 Å². The van der Waals surface area contributed by atoms with E-state index in [4.69, 9.17) is 0 Å². The molecule has 156 valence electrons. The van der Waals surface area contributed by atoms with Crippen molar-refractivity contribution in [2.75, 3.05) is 31.1 Å². The van der Waals surface area contributed by atoms with Crippen molar-refractivity contribution in [2.45, 2.75) is 25.9 Å². The minimum Gasteiger partial charge on any atom is -0.478 e. The van der Waals surface area contributed by atoms with Crippen molar-refractivity contribution < 1.29 is 19.5 Å². The molecule has 0 bridgehead atoms. The van der Waals surface area contributed by atoms with Crippen LogP contribution in [0.2, 0.25) is 0 Å². The summed E-state index contributed by atoms with van der Waals surface area (Å²) < 4.78 is 0. The molecule has 2 amide bonds. The van der Waals surface area contributed by atoms with Gasteiger partial charge in [0, 0.05) is 32.7 Å². The highest BCUT2D eigenvalue weighted by molar-refractivity contribution is 6.23. The van der Waals surface area contributed by atoms with Crippen molar-refractivity contribution >= 4 is 23.5 Å². The minimum absolute atomic E-state index is 0.0641. The Labute approximate surface area is 175 Å². The Kier molecular flexibility index (Phi) is 5.65. The number of hydrogen-bond acceptors (Lipinski definition) is 5. The Hall–Kier alpha value is -3.03. The van der Waals surface area contributed by atoms with Crippen LogP contribution < -0.4 is 4.90 Å². The van der Waals surface area contributed by atoms with Gasteiger partial charge in [-0.3, -0.25) is 19.4 Å². The zero-order chi connectivity index (χ0) is 21.3. The summed E-state index contributed by atoms with van der Waals surface area (Å²) in [6.07, 6.45) is 0.133. The lowest BCUT2D eigenvalue weighted by molar-refractivity contribution is -0.123. The van der Waals surface area contributed by atoms with Crippen LogP contribution in [0, 0.1) is 6.92 Å². The number of carboxylic acid groups (broad SMARTS) is 1. The van der Waals surface area contributed by atoms with E-state index in [2.05, 4.69) is 21.9 Å². The van der Waals surface area contributed by atoms with Crippen molar-refractivity contribution in [1.82, 2.24) is 9.80 Å². The lowest BCUT2D eigenvalue weighted by Crippen LogP contribution is -2.52. The number of aromatic carboxylic acids is 1. The Morgan fingerprint density at radius 1 is 1.03 bits per heavy atom. The fraction of sp³-hybridized carbons (Fsp3) is 0.348. The predicted molar refractivity (Wildman–Crippen MR) is 112 cm³/mol. The molecule has 7 heteroatoms. The molecule has 0 saturated carbocycles. The first-order valence-electron chi connectivity index (χ1n) is 10.1. The standard InChI is InChI=1S/C23H25N3O4/c1-16-7-8-18(23(29)30)13-19(16)26-21(27)14-20(22(26)28)25-11-9-24(10-12-25)15-17-5-3-2-4-6-17/h2-8,13,20H,9-12,14-15H2,1H3,(H,29,30)/t20-/m0/s1. The molecule has 7 nitrogen and oxygen atoms in total. The predicted octanol–water partition coefficient (Wildman–Crippen LogP) is 2.14. The molecule has 1 N–H and O–H groups in total. The summed E-state index contributed by atoms with van der Waals surface area (Å²) >= 11 is 0. The number of rotatable bonds is 5.